The van der Waals surface area contributed by atoms with E-state index in [9.17, 15) is 9.59 Å². The number of hydrogen-bond donors (Lipinski definition) is 0. The maximum Gasteiger partial charge on any atom is 0.318 e. The van der Waals surface area contributed by atoms with E-state index in [1.165, 1.54) is 24.8 Å². The molecule has 1 heterocycles. The zero-order valence-corrected chi connectivity index (χ0v) is 9.52. The minimum absolute atomic E-state index is 0.0570. The van der Waals surface area contributed by atoms with Gasteiger partial charge in [-0.15, -0.1) is 0 Å². The molecule has 3 nitrogen and oxygen atoms in total. The van der Waals surface area contributed by atoms with Crippen LogP contribution in [-0.2, 0) is 14.3 Å². The van der Waals surface area contributed by atoms with Gasteiger partial charge in [0.2, 0.25) is 0 Å². The summed E-state index contributed by atoms with van der Waals surface area (Å²) in [5.74, 6) is 0.950. The van der Waals surface area contributed by atoms with Crippen LogP contribution >= 0.6 is 0 Å². The van der Waals surface area contributed by atoms with Crippen LogP contribution in [0.4, 0.5) is 0 Å². The second-order valence-electron chi connectivity index (χ2n) is 6.48. The number of rotatable bonds is 0. The molecule has 6 atom stereocenters. The van der Waals surface area contributed by atoms with E-state index in [4.69, 9.17) is 4.74 Å². The maximum atomic E-state index is 12.0. The molecule has 4 unspecified atom stereocenters. The van der Waals surface area contributed by atoms with Crippen LogP contribution in [0.1, 0.15) is 25.7 Å². The molecule has 4 aliphatic carbocycles. The highest BCUT2D eigenvalue weighted by molar-refractivity contribution is 5.99. The van der Waals surface area contributed by atoms with Crippen molar-refractivity contribution in [2.24, 2.45) is 35.0 Å². The van der Waals surface area contributed by atoms with Crippen molar-refractivity contribution in [2.75, 3.05) is 0 Å². The predicted molar refractivity (Wildman–Crippen MR) is 57.5 cm³/mol. The molecule has 3 saturated carbocycles. The number of esters is 2. The lowest BCUT2D eigenvalue weighted by molar-refractivity contribution is -0.155. The number of cyclic esters (lactones) is 2. The van der Waals surface area contributed by atoms with Gasteiger partial charge >= 0.3 is 11.9 Å². The summed E-state index contributed by atoms with van der Waals surface area (Å²) in [4.78, 5) is 23.8. The van der Waals surface area contributed by atoms with E-state index in [1.54, 1.807) is 0 Å². The first-order valence-electron chi connectivity index (χ1n) is 6.69. The van der Waals surface area contributed by atoms with Crippen LogP contribution in [0.3, 0.4) is 0 Å². The minimum Gasteiger partial charge on any atom is -0.393 e. The molecular weight excluding hydrogens is 216 g/mol. The van der Waals surface area contributed by atoms with Crippen molar-refractivity contribution in [1.29, 1.82) is 0 Å². The molecule has 4 bridgehead atoms. The lowest BCUT2D eigenvalue weighted by Gasteiger charge is -2.38. The predicted octanol–water partition coefficient (Wildman–Crippen LogP) is 1.68. The summed E-state index contributed by atoms with van der Waals surface area (Å²) in [6.07, 6.45) is 7.19. The fraction of sp³-hybridized carbons (Fsp3) is 0.714. The van der Waals surface area contributed by atoms with Gasteiger partial charge in [-0.2, -0.15) is 0 Å². The first-order chi connectivity index (χ1) is 8.22. The third kappa shape index (κ3) is 0.712. The number of fused-ring (bicyclic) bond motifs is 6. The summed E-state index contributed by atoms with van der Waals surface area (Å²) in [6.45, 7) is 0. The smallest absolute Gasteiger partial charge is 0.318 e. The Bertz CT molecular complexity index is 506. The molecule has 3 heteroatoms. The van der Waals surface area contributed by atoms with Gasteiger partial charge in [0.05, 0.1) is 11.8 Å². The Kier molecular flexibility index (Phi) is 1.23. The second-order valence-corrected chi connectivity index (χ2v) is 6.48. The highest BCUT2D eigenvalue weighted by Crippen LogP contribution is 2.75. The average Bonchev–Trinajstić information content (AvgIpc) is 3.01. The van der Waals surface area contributed by atoms with E-state index in [2.05, 4.69) is 6.08 Å². The van der Waals surface area contributed by atoms with E-state index >= 15 is 0 Å². The minimum atomic E-state index is -0.250. The third-order valence-electron chi connectivity index (χ3n) is 6.21. The van der Waals surface area contributed by atoms with Gasteiger partial charge in [0.1, 0.15) is 0 Å². The molecule has 0 radical (unpaired) electrons. The molecule has 88 valence electrons. The maximum absolute atomic E-state index is 12.0. The molecule has 1 spiro atoms. The lowest BCUT2D eigenvalue weighted by atomic mass is 9.63. The highest BCUT2D eigenvalue weighted by atomic mass is 16.6. The van der Waals surface area contributed by atoms with Gasteiger partial charge in [0.25, 0.3) is 0 Å². The molecular formula is C14H14O3. The van der Waals surface area contributed by atoms with E-state index in [-0.39, 0.29) is 29.2 Å². The summed E-state index contributed by atoms with van der Waals surface area (Å²) < 4.78 is 4.91. The van der Waals surface area contributed by atoms with Gasteiger partial charge in [-0.3, -0.25) is 9.59 Å². The van der Waals surface area contributed by atoms with Crippen molar-refractivity contribution < 1.29 is 14.3 Å². The van der Waals surface area contributed by atoms with Crippen LogP contribution < -0.4 is 0 Å². The number of carbonyl (C=O) groups excluding carboxylic acids is 2. The number of ether oxygens (including phenoxy) is 1. The number of hydrogen-bond acceptors (Lipinski definition) is 3. The number of carbonyl (C=O) groups is 2. The van der Waals surface area contributed by atoms with E-state index in [1.807, 2.05) is 0 Å². The van der Waals surface area contributed by atoms with Gasteiger partial charge in [-0.25, -0.2) is 0 Å². The molecule has 0 aromatic heterocycles. The molecule has 0 aromatic rings. The molecule has 0 amide bonds. The largest absolute Gasteiger partial charge is 0.393 e. The van der Waals surface area contributed by atoms with Crippen LogP contribution in [0.2, 0.25) is 0 Å². The van der Waals surface area contributed by atoms with Crippen LogP contribution in [0.5, 0.6) is 0 Å². The summed E-state index contributed by atoms with van der Waals surface area (Å²) in [5, 5.41) is 0. The van der Waals surface area contributed by atoms with Crippen LogP contribution in [0.15, 0.2) is 11.6 Å². The lowest BCUT2D eigenvalue weighted by Crippen LogP contribution is -2.38. The second kappa shape index (κ2) is 2.36. The Labute approximate surface area is 99.2 Å². The van der Waals surface area contributed by atoms with E-state index < -0.39 is 0 Å². The Balaban J connectivity index is 1.75. The molecule has 1 aliphatic heterocycles. The van der Waals surface area contributed by atoms with Crippen LogP contribution in [0.25, 0.3) is 0 Å². The monoisotopic (exact) mass is 230 g/mol. The summed E-state index contributed by atoms with van der Waals surface area (Å²) in [6, 6.07) is 0. The summed E-state index contributed by atoms with van der Waals surface area (Å²) in [7, 11) is 0. The van der Waals surface area contributed by atoms with Crippen molar-refractivity contribution in [3.05, 3.63) is 11.6 Å². The molecule has 0 N–H and O–H groups in total. The average molecular weight is 230 g/mol. The molecule has 5 rings (SSSR count). The van der Waals surface area contributed by atoms with Gasteiger partial charge in [-0.1, -0.05) is 11.6 Å². The fourth-order valence-corrected chi connectivity index (χ4v) is 5.86. The Hall–Kier alpha value is -1.12. The van der Waals surface area contributed by atoms with Gasteiger partial charge in [0, 0.05) is 5.41 Å². The molecule has 0 aromatic carbocycles. The SMILES string of the molecule is O=C1OC(=O)[C@@H]2[C@H]1C1C=C3C4CCC(C4)C32C1. The Morgan fingerprint density at radius 1 is 1.24 bits per heavy atom. The van der Waals surface area contributed by atoms with Crippen LogP contribution in [-0.4, -0.2) is 11.9 Å². The third-order valence-corrected chi connectivity index (χ3v) is 6.21. The molecule has 17 heavy (non-hydrogen) atoms. The molecule has 5 aliphatic rings. The quantitative estimate of drug-likeness (QED) is 0.361. The van der Waals surface area contributed by atoms with Crippen molar-refractivity contribution in [1.82, 2.24) is 0 Å². The van der Waals surface area contributed by atoms with E-state index in [0.29, 0.717) is 11.8 Å². The molecule has 4 fully saturated rings. The summed E-state index contributed by atoms with van der Waals surface area (Å²) >= 11 is 0. The van der Waals surface area contributed by atoms with Crippen molar-refractivity contribution in [3.8, 4) is 0 Å². The summed E-state index contributed by atoms with van der Waals surface area (Å²) in [5.41, 5.74) is 1.59. The first-order valence-corrected chi connectivity index (χ1v) is 6.69. The fourth-order valence-electron chi connectivity index (χ4n) is 5.86. The standard InChI is InChI=1S/C14H14O3/c15-12-10-7-4-9-6-1-2-8(3-6)14(9,5-7)11(10)13(16)17-12/h4,6-8,10-11H,1-3,5H2/t6?,7?,8?,10-,11+,14?/m1/s1. The van der Waals surface area contributed by atoms with Crippen LogP contribution in [0, 0.1) is 35.0 Å². The zero-order chi connectivity index (χ0) is 11.4. The highest BCUT2D eigenvalue weighted by Gasteiger charge is 2.73. The van der Waals surface area contributed by atoms with Crippen molar-refractivity contribution in [3.63, 3.8) is 0 Å². The molecule has 1 saturated heterocycles. The van der Waals surface area contributed by atoms with Gasteiger partial charge < -0.3 is 4.74 Å². The van der Waals surface area contributed by atoms with Gasteiger partial charge in [-0.05, 0) is 43.4 Å². The zero-order valence-electron chi connectivity index (χ0n) is 9.52. The first kappa shape index (κ1) is 8.90. The van der Waals surface area contributed by atoms with E-state index in [0.717, 1.165) is 12.3 Å². The Morgan fingerprint density at radius 2 is 2.12 bits per heavy atom. The normalized spacial score (nSPS) is 57.2. The van der Waals surface area contributed by atoms with Crippen molar-refractivity contribution >= 4 is 11.9 Å². The number of allylic oxidation sites excluding steroid dienone is 2. The van der Waals surface area contributed by atoms with Crippen molar-refractivity contribution in [2.45, 2.75) is 25.7 Å². The Morgan fingerprint density at radius 3 is 3.00 bits per heavy atom. The topological polar surface area (TPSA) is 43.4 Å². The van der Waals surface area contributed by atoms with Gasteiger partial charge in [0.15, 0.2) is 0 Å².